The Balaban J connectivity index is 1.48. The zero-order chi connectivity index (χ0) is 23.1. The van der Waals surface area contributed by atoms with E-state index < -0.39 is 11.9 Å². The molecule has 172 valence electrons. The molecular formula is C22H20Cl2FN5O2S. The van der Waals surface area contributed by atoms with Crippen LogP contribution in [0.15, 0.2) is 29.6 Å². The Kier molecular flexibility index (Phi) is 6.20. The molecule has 3 aromatic rings. The molecule has 2 aliphatic heterocycles. The first-order valence-corrected chi connectivity index (χ1v) is 12.3. The normalized spacial score (nSPS) is 17.1. The molecule has 0 bridgehead atoms. The van der Waals surface area contributed by atoms with Crippen LogP contribution in [0.2, 0.25) is 10.3 Å². The number of carbonyl (C=O) groups excluding carboxylic acids is 1. The molecule has 4 heterocycles. The van der Waals surface area contributed by atoms with E-state index in [2.05, 4.69) is 14.5 Å². The first-order chi connectivity index (χ1) is 16.0. The predicted molar refractivity (Wildman–Crippen MR) is 124 cm³/mol. The maximum Gasteiger partial charge on any atom is 0.261 e. The third-order valence-electron chi connectivity index (χ3n) is 5.82. The van der Waals surface area contributed by atoms with E-state index in [1.54, 1.807) is 28.8 Å². The molecular weight excluding hydrogens is 488 g/mol. The van der Waals surface area contributed by atoms with Gasteiger partial charge in [0.25, 0.3) is 5.91 Å². The van der Waals surface area contributed by atoms with Crippen molar-refractivity contribution in [1.82, 2.24) is 24.4 Å². The number of nitrogens with zero attached hydrogens (tertiary/aromatic N) is 5. The highest BCUT2D eigenvalue weighted by Crippen LogP contribution is 2.41. The van der Waals surface area contributed by atoms with Crippen LogP contribution in [-0.2, 0) is 24.2 Å². The second-order valence-electron chi connectivity index (χ2n) is 7.72. The standard InChI is InChI=1S/C22H20Cl2FN5O2S/c1-2-15-17(10-26-21(24)27-15)32-11-18(31)29-6-5-16-20(30-7-8-33-22(30)28-16)19(29)13-4-3-12(23)9-14(13)25/h3-4,9-10,19H,2,5-8,11H2,1H3. The Hall–Kier alpha value is -2.36. The van der Waals surface area contributed by atoms with Crippen LogP contribution in [0.5, 0.6) is 5.75 Å². The van der Waals surface area contributed by atoms with E-state index in [1.165, 1.54) is 12.3 Å². The van der Waals surface area contributed by atoms with Gasteiger partial charge in [0.2, 0.25) is 5.28 Å². The van der Waals surface area contributed by atoms with Gasteiger partial charge in [-0.1, -0.05) is 36.4 Å². The van der Waals surface area contributed by atoms with Gasteiger partial charge in [-0.05, 0) is 30.2 Å². The van der Waals surface area contributed by atoms with Crippen molar-refractivity contribution in [2.24, 2.45) is 0 Å². The van der Waals surface area contributed by atoms with E-state index in [1.807, 2.05) is 6.92 Å². The monoisotopic (exact) mass is 507 g/mol. The molecule has 0 aliphatic carbocycles. The molecule has 2 aromatic heterocycles. The molecule has 0 spiro atoms. The van der Waals surface area contributed by atoms with Gasteiger partial charge in [0.1, 0.15) is 11.9 Å². The van der Waals surface area contributed by atoms with Crippen molar-refractivity contribution < 1.29 is 13.9 Å². The first-order valence-electron chi connectivity index (χ1n) is 10.6. The molecule has 7 nitrogen and oxygen atoms in total. The van der Waals surface area contributed by atoms with E-state index in [0.29, 0.717) is 41.4 Å². The van der Waals surface area contributed by atoms with Crippen molar-refractivity contribution >= 4 is 40.9 Å². The van der Waals surface area contributed by atoms with Crippen LogP contribution >= 0.6 is 35.0 Å². The Morgan fingerprint density at radius 3 is 2.94 bits per heavy atom. The van der Waals surface area contributed by atoms with E-state index >= 15 is 4.39 Å². The largest absolute Gasteiger partial charge is 0.480 e. The molecule has 0 N–H and O–H groups in total. The number of fused-ring (bicyclic) bond motifs is 3. The topological polar surface area (TPSA) is 73.1 Å². The molecule has 2 aliphatic rings. The van der Waals surface area contributed by atoms with Crippen molar-refractivity contribution in [3.63, 3.8) is 0 Å². The molecule has 0 saturated heterocycles. The second-order valence-corrected chi connectivity index (χ2v) is 9.56. The third-order valence-corrected chi connectivity index (χ3v) is 7.19. The number of hydrogen-bond donors (Lipinski definition) is 0. The van der Waals surface area contributed by atoms with Gasteiger partial charge in [0.05, 0.1) is 23.3 Å². The van der Waals surface area contributed by atoms with Crippen LogP contribution < -0.4 is 4.74 Å². The number of amides is 1. The Morgan fingerprint density at radius 2 is 2.15 bits per heavy atom. The molecule has 1 aromatic carbocycles. The highest BCUT2D eigenvalue weighted by Gasteiger charge is 2.39. The molecule has 0 radical (unpaired) electrons. The van der Waals surface area contributed by atoms with Gasteiger partial charge in [-0.25, -0.2) is 19.3 Å². The van der Waals surface area contributed by atoms with Crippen LogP contribution in [0.3, 0.4) is 0 Å². The number of benzene rings is 1. The Bertz CT molecular complexity index is 1240. The summed E-state index contributed by atoms with van der Waals surface area (Å²) in [7, 11) is 0. The average Bonchev–Trinajstić information content (AvgIpc) is 3.39. The maximum atomic E-state index is 15.1. The van der Waals surface area contributed by atoms with E-state index in [-0.39, 0.29) is 17.8 Å². The van der Waals surface area contributed by atoms with E-state index in [4.69, 9.17) is 32.9 Å². The van der Waals surface area contributed by atoms with Gasteiger partial charge in [-0.2, -0.15) is 0 Å². The van der Waals surface area contributed by atoms with Crippen molar-refractivity contribution in [1.29, 1.82) is 0 Å². The Morgan fingerprint density at radius 1 is 1.30 bits per heavy atom. The fourth-order valence-corrected chi connectivity index (χ4v) is 5.61. The van der Waals surface area contributed by atoms with Crippen molar-refractivity contribution in [2.45, 2.75) is 37.5 Å². The van der Waals surface area contributed by atoms with E-state index in [0.717, 1.165) is 28.8 Å². The molecule has 1 atom stereocenters. The SMILES string of the molecule is CCc1nc(Cl)ncc1OCC(=O)N1CCc2nc3n(c2C1c1ccc(Cl)cc1F)CCS3. The lowest BCUT2D eigenvalue weighted by Gasteiger charge is -2.36. The zero-order valence-electron chi connectivity index (χ0n) is 17.7. The summed E-state index contributed by atoms with van der Waals surface area (Å²) in [6, 6.07) is 3.94. The number of hydrogen-bond acceptors (Lipinski definition) is 6. The third kappa shape index (κ3) is 4.18. The summed E-state index contributed by atoms with van der Waals surface area (Å²) in [6.07, 6.45) is 2.64. The van der Waals surface area contributed by atoms with E-state index in [9.17, 15) is 4.79 Å². The van der Waals surface area contributed by atoms with Gasteiger partial charge < -0.3 is 14.2 Å². The average molecular weight is 508 g/mol. The van der Waals surface area contributed by atoms with Gasteiger partial charge in [-0.3, -0.25) is 4.79 Å². The summed E-state index contributed by atoms with van der Waals surface area (Å²) in [5.74, 6) is 0.584. The zero-order valence-corrected chi connectivity index (χ0v) is 20.1. The molecule has 33 heavy (non-hydrogen) atoms. The van der Waals surface area contributed by atoms with Gasteiger partial charge in [0.15, 0.2) is 17.5 Å². The number of aromatic nitrogens is 4. The minimum Gasteiger partial charge on any atom is -0.480 e. The van der Waals surface area contributed by atoms with Crippen LogP contribution in [0.4, 0.5) is 4.39 Å². The first kappa shape index (κ1) is 22.4. The second kappa shape index (κ2) is 9.12. The minimum atomic E-state index is -0.616. The number of thioether (sulfide) groups is 1. The van der Waals surface area contributed by atoms with Crippen LogP contribution in [0.1, 0.15) is 35.6 Å². The summed E-state index contributed by atoms with van der Waals surface area (Å²) >= 11 is 13.5. The van der Waals surface area contributed by atoms with Gasteiger partial charge in [0, 0.05) is 35.8 Å². The van der Waals surface area contributed by atoms with Gasteiger partial charge in [-0.15, -0.1) is 0 Å². The molecule has 1 unspecified atom stereocenters. The summed E-state index contributed by atoms with van der Waals surface area (Å²) in [4.78, 5) is 27.9. The number of imidazole rings is 1. The van der Waals surface area contributed by atoms with Crippen molar-refractivity contribution in [2.75, 3.05) is 18.9 Å². The summed E-state index contributed by atoms with van der Waals surface area (Å²) in [6.45, 7) is 2.86. The highest BCUT2D eigenvalue weighted by molar-refractivity contribution is 7.99. The lowest BCUT2D eigenvalue weighted by Crippen LogP contribution is -2.44. The number of carbonyl (C=O) groups is 1. The molecule has 5 rings (SSSR count). The fourth-order valence-electron chi connectivity index (χ4n) is 4.32. The fraction of sp³-hybridized carbons (Fsp3) is 0.364. The number of rotatable bonds is 5. The molecule has 1 amide bonds. The maximum absolute atomic E-state index is 15.1. The minimum absolute atomic E-state index is 0.125. The molecule has 0 saturated carbocycles. The van der Waals surface area contributed by atoms with Crippen molar-refractivity contribution in [3.8, 4) is 5.75 Å². The van der Waals surface area contributed by atoms with Crippen LogP contribution in [0.25, 0.3) is 0 Å². The smallest absolute Gasteiger partial charge is 0.261 e. The molecule has 11 heteroatoms. The highest BCUT2D eigenvalue weighted by atomic mass is 35.5. The lowest BCUT2D eigenvalue weighted by atomic mass is 9.94. The number of ether oxygens (including phenoxy) is 1. The predicted octanol–water partition coefficient (Wildman–Crippen LogP) is 4.34. The van der Waals surface area contributed by atoms with Crippen molar-refractivity contribution in [3.05, 3.63) is 63.2 Å². The quantitative estimate of drug-likeness (QED) is 0.478. The lowest BCUT2D eigenvalue weighted by molar-refractivity contribution is -0.135. The Labute approximate surface area is 204 Å². The molecule has 0 fully saturated rings. The summed E-state index contributed by atoms with van der Waals surface area (Å²) < 4.78 is 23.0. The van der Waals surface area contributed by atoms with Gasteiger partial charge >= 0.3 is 0 Å². The van der Waals surface area contributed by atoms with Crippen LogP contribution in [-0.4, -0.2) is 49.2 Å². The summed E-state index contributed by atoms with van der Waals surface area (Å²) in [5.41, 5.74) is 2.77. The van der Waals surface area contributed by atoms with Crippen LogP contribution in [0, 0.1) is 5.82 Å². The number of aryl methyl sites for hydroxylation is 1. The number of halogens is 3. The summed E-state index contributed by atoms with van der Waals surface area (Å²) in [5, 5.41) is 1.34.